The molecule has 0 radical (unpaired) electrons. The standard InChI is InChI=1S/C7H15N7/c1-3-9-7(12-8)10-4-6-11-5(2)13-14-6/h3-4,8H2,1-2H3,(H2,9,10,12)(H,11,13,14). The normalized spacial score (nSPS) is 11.5. The Morgan fingerprint density at radius 3 is 2.93 bits per heavy atom. The molecule has 0 spiro atoms. The van der Waals surface area contributed by atoms with Crippen molar-refractivity contribution >= 4 is 5.96 Å². The fourth-order valence-corrected chi connectivity index (χ4v) is 0.930. The maximum absolute atomic E-state index is 5.24. The van der Waals surface area contributed by atoms with Gasteiger partial charge in [0.2, 0.25) is 5.96 Å². The van der Waals surface area contributed by atoms with Gasteiger partial charge in [-0.25, -0.2) is 15.8 Å². The van der Waals surface area contributed by atoms with E-state index in [1.165, 1.54) is 0 Å². The Labute approximate surface area is 82.2 Å². The number of aromatic nitrogens is 3. The van der Waals surface area contributed by atoms with E-state index in [9.17, 15) is 0 Å². The van der Waals surface area contributed by atoms with Crippen LogP contribution in [-0.4, -0.2) is 27.7 Å². The van der Waals surface area contributed by atoms with Gasteiger partial charge in [0.15, 0.2) is 5.82 Å². The third-order valence-corrected chi connectivity index (χ3v) is 1.50. The second kappa shape index (κ2) is 5.18. The van der Waals surface area contributed by atoms with Crippen LogP contribution in [0.3, 0.4) is 0 Å². The highest BCUT2D eigenvalue weighted by Gasteiger charge is 1.98. The highest BCUT2D eigenvalue weighted by molar-refractivity contribution is 5.78. The predicted molar refractivity (Wildman–Crippen MR) is 53.3 cm³/mol. The number of aromatic amines is 1. The van der Waals surface area contributed by atoms with E-state index in [0.717, 1.165) is 12.4 Å². The van der Waals surface area contributed by atoms with Crippen molar-refractivity contribution in [1.29, 1.82) is 0 Å². The molecule has 0 aliphatic rings. The fourth-order valence-electron chi connectivity index (χ4n) is 0.930. The SMILES string of the molecule is CCNC(=NCc1n[nH]c(C)n1)NN. The Hall–Kier alpha value is -1.63. The molecule has 14 heavy (non-hydrogen) atoms. The van der Waals surface area contributed by atoms with Crippen LogP contribution in [-0.2, 0) is 6.54 Å². The number of aliphatic imine (C=N–C) groups is 1. The van der Waals surface area contributed by atoms with Gasteiger partial charge in [0.1, 0.15) is 12.4 Å². The molecule has 1 aromatic rings. The third-order valence-electron chi connectivity index (χ3n) is 1.50. The van der Waals surface area contributed by atoms with Crippen molar-refractivity contribution in [3.63, 3.8) is 0 Å². The van der Waals surface area contributed by atoms with E-state index >= 15 is 0 Å². The van der Waals surface area contributed by atoms with Crippen molar-refractivity contribution in [3.05, 3.63) is 11.6 Å². The smallest absolute Gasteiger partial charge is 0.206 e. The molecule has 0 bridgehead atoms. The number of nitrogens with one attached hydrogen (secondary N) is 3. The van der Waals surface area contributed by atoms with Gasteiger partial charge in [-0.2, -0.15) is 5.10 Å². The monoisotopic (exact) mass is 197 g/mol. The van der Waals surface area contributed by atoms with Gasteiger partial charge in [0.25, 0.3) is 0 Å². The highest BCUT2D eigenvalue weighted by Crippen LogP contribution is 1.92. The van der Waals surface area contributed by atoms with E-state index < -0.39 is 0 Å². The van der Waals surface area contributed by atoms with Gasteiger partial charge in [-0.3, -0.25) is 10.5 Å². The van der Waals surface area contributed by atoms with Crippen molar-refractivity contribution < 1.29 is 0 Å². The summed E-state index contributed by atoms with van der Waals surface area (Å²) in [4.78, 5) is 8.25. The minimum Gasteiger partial charge on any atom is -0.356 e. The van der Waals surface area contributed by atoms with Crippen LogP contribution in [0.15, 0.2) is 4.99 Å². The topological polar surface area (TPSA) is 104 Å². The summed E-state index contributed by atoms with van der Waals surface area (Å²) in [5, 5.41) is 9.64. The lowest BCUT2D eigenvalue weighted by atomic mass is 10.6. The molecule has 1 rings (SSSR count). The number of hydrazine groups is 1. The zero-order chi connectivity index (χ0) is 10.4. The van der Waals surface area contributed by atoms with Gasteiger partial charge in [-0.05, 0) is 13.8 Å². The molecule has 7 nitrogen and oxygen atoms in total. The largest absolute Gasteiger partial charge is 0.356 e. The van der Waals surface area contributed by atoms with Crippen molar-refractivity contribution in [2.75, 3.05) is 6.54 Å². The number of guanidine groups is 1. The predicted octanol–water partition coefficient (Wildman–Crippen LogP) is -0.958. The van der Waals surface area contributed by atoms with Crippen molar-refractivity contribution in [2.45, 2.75) is 20.4 Å². The van der Waals surface area contributed by atoms with Gasteiger partial charge in [-0.1, -0.05) is 0 Å². The first-order chi connectivity index (χ1) is 6.76. The zero-order valence-electron chi connectivity index (χ0n) is 8.33. The van der Waals surface area contributed by atoms with E-state index in [0.29, 0.717) is 18.3 Å². The molecular formula is C7H15N7. The highest BCUT2D eigenvalue weighted by atomic mass is 15.3. The number of nitrogens with zero attached hydrogens (tertiary/aromatic N) is 3. The molecule has 0 aromatic carbocycles. The van der Waals surface area contributed by atoms with Crippen molar-refractivity contribution in [1.82, 2.24) is 25.9 Å². The van der Waals surface area contributed by atoms with E-state index in [4.69, 9.17) is 5.84 Å². The maximum atomic E-state index is 5.24. The number of nitrogens with two attached hydrogens (primary N) is 1. The Kier molecular flexibility index (Phi) is 3.86. The molecule has 0 atom stereocenters. The quantitative estimate of drug-likeness (QED) is 0.216. The number of hydrogen-bond acceptors (Lipinski definition) is 4. The van der Waals surface area contributed by atoms with E-state index in [-0.39, 0.29) is 0 Å². The molecule has 0 fully saturated rings. The van der Waals surface area contributed by atoms with Crippen LogP contribution >= 0.6 is 0 Å². The lowest BCUT2D eigenvalue weighted by Gasteiger charge is -2.04. The first kappa shape index (κ1) is 10.5. The average molecular weight is 197 g/mol. The first-order valence-corrected chi connectivity index (χ1v) is 4.39. The van der Waals surface area contributed by atoms with Crippen LogP contribution < -0.4 is 16.6 Å². The maximum Gasteiger partial charge on any atom is 0.206 e. The van der Waals surface area contributed by atoms with Gasteiger partial charge in [0.05, 0.1) is 0 Å². The van der Waals surface area contributed by atoms with E-state index in [1.807, 2.05) is 13.8 Å². The minimum atomic E-state index is 0.400. The Bertz CT molecular complexity index is 303. The van der Waals surface area contributed by atoms with Crippen LogP contribution in [0.2, 0.25) is 0 Å². The summed E-state index contributed by atoms with van der Waals surface area (Å²) < 4.78 is 0. The lowest BCUT2D eigenvalue weighted by Crippen LogP contribution is -2.41. The average Bonchev–Trinajstić information content (AvgIpc) is 2.59. The Morgan fingerprint density at radius 1 is 1.64 bits per heavy atom. The fraction of sp³-hybridized carbons (Fsp3) is 0.571. The molecule has 5 N–H and O–H groups in total. The Morgan fingerprint density at radius 2 is 2.43 bits per heavy atom. The summed E-state index contributed by atoms with van der Waals surface area (Å²) in [6.07, 6.45) is 0. The zero-order valence-corrected chi connectivity index (χ0v) is 8.33. The van der Waals surface area contributed by atoms with Crippen LogP contribution in [0.4, 0.5) is 0 Å². The second-order valence-corrected chi connectivity index (χ2v) is 2.68. The summed E-state index contributed by atoms with van der Waals surface area (Å²) in [6.45, 7) is 4.96. The molecule has 0 saturated heterocycles. The van der Waals surface area contributed by atoms with Crippen LogP contribution in [0, 0.1) is 6.92 Å². The second-order valence-electron chi connectivity index (χ2n) is 2.68. The molecule has 1 aromatic heterocycles. The summed E-state index contributed by atoms with van der Waals surface area (Å²) in [7, 11) is 0. The van der Waals surface area contributed by atoms with Gasteiger partial charge in [0, 0.05) is 6.54 Å². The molecule has 0 aliphatic heterocycles. The molecule has 7 heteroatoms. The molecule has 78 valence electrons. The van der Waals surface area contributed by atoms with Gasteiger partial charge < -0.3 is 5.32 Å². The summed E-state index contributed by atoms with van der Waals surface area (Å²) >= 11 is 0. The number of H-pyrrole nitrogens is 1. The number of aryl methyl sites for hydroxylation is 1. The number of rotatable bonds is 3. The summed E-state index contributed by atoms with van der Waals surface area (Å²) in [5.74, 6) is 7.20. The number of hydrogen-bond donors (Lipinski definition) is 4. The molecular weight excluding hydrogens is 182 g/mol. The minimum absolute atomic E-state index is 0.400. The molecule has 0 aliphatic carbocycles. The molecule has 0 unspecified atom stereocenters. The van der Waals surface area contributed by atoms with Crippen LogP contribution in [0.25, 0.3) is 0 Å². The van der Waals surface area contributed by atoms with Gasteiger partial charge in [-0.15, -0.1) is 0 Å². The molecule has 0 saturated carbocycles. The first-order valence-electron chi connectivity index (χ1n) is 4.39. The summed E-state index contributed by atoms with van der Waals surface area (Å²) in [5.41, 5.74) is 2.45. The molecule has 0 amide bonds. The van der Waals surface area contributed by atoms with Gasteiger partial charge >= 0.3 is 0 Å². The van der Waals surface area contributed by atoms with E-state index in [2.05, 4.69) is 30.9 Å². The lowest BCUT2D eigenvalue weighted by molar-refractivity contribution is 0.833. The Balaban J connectivity index is 2.51. The third kappa shape index (κ3) is 3.02. The molecule has 1 heterocycles. The van der Waals surface area contributed by atoms with Crippen molar-refractivity contribution in [2.24, 2.45) is 10.8 Å². The van der Waals surface area contributed by atoms with Crippen LogP contribution in [0.5, 0.6) is 0 Å². The van der Waals surface area contributed by atoms with Crippen molar-refractivity contribution in [3.8, 4) is 0 Å². The van der Waals surface area contributed by atoms with E-state index in [1.54, 1.807) is 0 Å². The summed E-state index contributed by atoms with van der Waals surface area (Å²) in [6, 6.07) is 0. The van der Waals surface area contributed by atoms with Crippen LogP contribution in [0.1, 0.15) is 18.6 Å².